The van der Waals surface area contributed by atoms with Crippen LogP contribution in [0.2, 0.25) is 0 Å². The first-order valence-corrected chi connectivity index (χ1v) is 8.77. The van der Waals surface area contributed by atoms with Gasteiger partial charge in [-0.05, 0) is 23.4 Å². The Morgan fingerprint density at radius 1 is 1.12 bits per heavy atom. The smallest absolute Gasteiger partial charge is 0.319 e. The highest BCUT2D eigenvalue weighted by atomic mass is 32.1. The molecular weight excluding hydrogens is 322 g/mol. The number of urea groups is 1. The second kappa shape index (κ2) is 6.13. The van der Waals surface area contributed by atoms with Gasteiger partial charge in [0.25, 0.3) is 5.91 Å². The number of carbonyl (C=O) groups is 2. The molecule has 3 amide bonds. The number of nitrogens with one attached hydrogen (secondary N) is 2. The minimum absolute atomic E-state index is 0.00633. The molecular formula is C18H17N3O2S. The van der Waals surface area contributed by atoms with Gasteiger partial charge in [0.2, 0.25) is 0 Å². The molecule has 122 valence electrons. The van der Waals surface area contributed by atoms with Gasteiger partial charge in [-0.2, -0.15) is 0 Å². The van der Waals surface area contributed by atoms with Gasteiger partial charge in [0.05, 0.1) is 23.9 Å². The van der Waals surface area contributed by atoms with Crippen LogP contribution in [0.4, 0.5) is 4.79 Å². The second-order valence-corrected chi connectivity index (χ2v) is 6.88. The molecule has 2 aliphatic heterocycles. The maximum atomic E-state index is 12.9. The second-order valence-electron chi connectivity index (χ2n) is 5.90. The first kappa shape index (κ1) is 15.0. The van der Waals surface area contributed by atoms with Gasteiger partial charge in [-0.1, -0.05) is 36.4 Å². The molecule has 0 saturated heterocycles. The van der Waals surface area contributed by atoms with Crippen LogP contribution in [0.15, 0.2) is 59.1 Å². The molecule has 24 heavy (non-hydrogen) atoms. The Morgan fingerprint density at radius 2 is 1.96 bits per heavy atom. The van der Waals surface area contributed by atoms with Crippen molar-refractivity contribution in [2.24, 2.45) is 0 Å². The maximum Gasteiger partial charge on any atom is 0.319 e. The van der Waals surface area contributed by atoms with E-state index in [1.807, 2.05) is 40.6 Å². The van der Waals surface area contributed by atoms with Crippen molar-refractivity contribution < 1.29 is 9.59 Å². The van der Waals surface area contributed by atoms with E-state index in [9.17, 15) is 9.59 Å². The van der Waals surface area contributed by atoms with Crippen molar-refractivity contribution in [3.8, 4) is 0 Å². The summed E-state index contributed by atoms with van der Waals surface area (Å²) in [6, 6.07) is 13.4. The minimum Gasteiger partial charge on any atom is -0.333 e. The van der Waals surface area contributed by atoms with E-state index < -0.39 is 0 Å². The average molecular weight is 339 g/mol. The monoisotopic (exact) mass is 339 g/mol. The maximum absolute atomic E-state index is 12.9. The quantitative estimate of drug-likeness (QED) is 0.899. The number of thiophene rings is 1. The summed E-state index contributed by atoms with van der Waals surface area (Å²) in [5.41, 5.74) is 2.60. The lowest BCUT2D eigenvalue weighted by molar-refractivity contribution is -0.125. The summed E-state index contributed by atoms with van der Waals surface area (Å²) in [6.45, 7) is 1.11. The number of hydrogen-bond donors (Lipinski definition) is 2. The molecule has 0 unspecified atom stereocenters. The number of hydrogen-bond acceptors (Lipinski definition) is 3. The van der Waals surface area contributed by atoms with E-state index in [-0.39, 0.29) is 18.0 Å². The molecule has 1 aromatic heterocycles. The van der Waals surface area contributed by atoms with Gasteiger partial charge in [-0.3, -0.25) is 4.79 Å². The lowest BCUT2D eigenvalue weighted by Gasteiger charge is -2.24. The van der Waals surface area contributed by atoms with Crippen LogP contribution >= 0.6 is 11.3 Å². The van der Waals surface area contributed by atoms with Crippen molar-refractivity contribution >= 4 is 23.3 Å². The molecule has 0 radical (unpaired) electrons. The normalized spacial score (nSPS) is 20.0. The largest absolute Gasteiger partial charge is 0.333 e. The molecule has 1 atom stereocenters. The van der Waals surface area contributed by atoms with E-state index in [4.69, 9.17) is 0 Å². The summed E-state index contributed by atoms with van der Waals surface area (Å²) in [5.74, 6) is 0.00633. The highest BCUT2D eigenvalue weighted by molar-refractivity contribution is 7.10. The Labute approximate surface area is 144 Å². The zero-order chi connectivity index (χ0) is 16.5. The lowest BCUT2D eigenvalue weighted by Crippen LogP contribution is -2.44. The summed E-state index contributed by atoms with van der Waals surface area (Å²) in [4.78, 5) is 27.6. The predicted molar refractivity (Wildman–Crippen MR) is 92.5 cm³/mol. The summed E-state index contributed by atoms with van der Waals surface area (Å²) in [6.07, 6.45) is 0.804. The number of nitrogens with zero attached hydrogens (tertiary/aromatic N) is 1. The molecule has 4 rings (SSSR count). The van der Waals surface area contributed by atoms with Crippen LogP contribution in [0.1, 0.15) is 16.5 Å². The Morgan fingerprint density at radius 3 is 2.71 bits per heavy atom. The van der Waals surface area contributed by atoms with Crippen LogP contribution in [0, 0.1) is 0 Å². The third kappa shape index (κ3) is 2.69. The summed E-state index contributed by atoms with van der Waals surface area (Å²) in [7, 11) is 0. The number of carbonyl (C=O) groups excluding carboxylic acids is 2. The lowest BCUT2D eigenvalue weighted by atomic mass is 10.0. The van der Waals surface area contributed by atoms with E-state index in [0.29, 0.717) is 18.7 Å². The molecule has 0 saturated carbocycles. The van der Waals surface area contributed by atoms with Crippen molar-refractivity contribution in [2.45, 2.75) is 12.5 Å². The van der Waals surface area contributed by atoms with Crippen LogP contribution in [0.3, 0.4) is 0 Å². The molecule has 0 fully saturated rings. The fourth-order valence-corrected chi connectivity index (χ4v) is 3.97. The third-order valence-corrected chi connectivity index (χ3v) is 5.30. The minimum atomic E-state index is -0.344. The van der Waals surface area contributed by atoms with E-state index in [1.54, 1.807) is 11.3 Å². The first-order chi connectivity index (χ1) is 11.7. The molecule has 3 heterocycles. The Hall–Kier alpha value is -2.60. The fourth-order valence-electron chi connectivity index (χ4n) is 3.19. The molecule has 2 N–H and O–H groups in total. The predicted octanol–water partition coefficient (Wildman–Crippen LogP) is 2.44. The van der Waals surface area contributed by atoms with Crippen molar-refractivity contribution in [1.29, 1.82) is 0 Å². The van der Waals surface area contributed by atoms with Crippen molar-refractivity contribution in [2.75, 3.05) is 13.1 Å². The molecule has 1 aromatic carbocycles. The van der Waals surface area contributed by atoms with Gasteiger partial charge < -0.3 is 15.5 Å². The summed E-state index contributed by atoms with van der Waals surface area (Å²) >= 11 is 1.55. The van der Waals surface area contributed by atoms with Crippen molar-refractivity contribution in [3.63, 3.8) is 0 Å². The van der Waals surface area contributed by atoms with Crippen LogP contribution in [0.25, 0.3) is 0 Å². The summed E-state index contributed by atoms with van der Waals surface area (Å²) < 4.78 is 0. The highest BCUT2D eigenvalue weighted by Crippen LogP contribution is 2.34. The molecule has 0 aliphatic carbocycles. The molecule has 5 nitrogen and oxygen atoms in total. The van der Waals surface area contributed by atoms with E-state index >= 15 is 0 Å². The van der Waals surface area contributed by atoms with E-state index in [0.717, 1.165) is 17.0 Å². The topological polar surface area (TPSA) is 61.4 Å². The van der Waals surface area contributed by atoms with Gasteiger partial charge in [0.15, 0.2) is 0 Å². The van der Waals surface area contributed by atoms with Crippen molar-refractivity contribution in [3.05, 3.63) is 69.6 Å². The molecule has 6 heteroatoms. The van der Waals surface area contributed by atoms with Crippen molar-refractivity contribution in [1.82, 2.24) is 15.5 Å². The average Bonchev–Trinajstić information content (AvgIpc) is 3.22. The van der Waals surface area contributed by atoms with Gasteiger partial charge in [0, 0.05) is 11.4 Å². The zero-order valence-corrected chi connectivity index (χ0v) is 13.8. The SMILES string of the molecule is O=C1NC2=C(C(=O)N(CCc3ccccc3)C2)[C@H](c2cccs2)N1. The molecule has 0 bridgehead atoms. The van der Waals surface area contributed by atoms with Crippen LogP contribution < -0.4 is 10.6 Å². The molecule has 0 spiro atoms. The Balaban J connectivity index is 1.53. The number of benzene rings is 1. The fraction of sp³-hybridized carbons (Fsp3) is 0.222. The highest BCUT2D eigenvalue weighted by Gasteiger charge is 2.40. The van der Waals surface area contributed by atoms with Gasteiger partial charge >= 0.3 is 6.03 Å². The number of rotatable bonds is 4. The first-order valence-electron chi connectivity index (χ1n) is 7.89. The van der Waals surface area contributed by atoms with Gasteiger partial charge in [0.1, 0.15) is 0 Å². The van der Waals surface area contributed by atoms with Crippen LogP contribution in [-0.4, -0.2) is 29.9 Å². The zero-order valence-electron chi connectivity index (χ0n) is 13.0. The van der Waals surface area contributed by atoms with Gasteiger partial charge in [-0.25, -0.2) is 4.79 Å². The number of amides is 3. The molecule has 2 aliphatic rings. The standard InChI is InChI=1S/C18H17N3O2S/c22-17-15-13(11-21(17)9-8-12-5-2-1-3-6-12)19-18(23)20-16(15)14-7-4-10-24-14/h1-7,10,16H,8-9,11H2,(H2,19,20,23)/t16-/m0/s1. The van der Waals surface area contributed by atoms with Gasteiger partial charge in [-0.15, -0.1) is 11.3 Å². The Kier molecular flexibility index (Phi) is 3.82. The van der Waals surface area contributed by atoms with E-state index in [2.05, 4.69) is 22.8 Å². The summed E-state index contributed by atoms with van der Waals surface area (Å²) in [5, 5.41) is 7.63. The Bertz CT molecular complexity index is 799. The third-order valence-electron chi connectivity index (χ3n) is 4.36. The van der Waals surface area contributed by atoms with E-state index in [1.165, 1.54) is 5.56 Å². The van der Waals surface area contributed by atoms with Crippen LogP contribution in [-0.2, 0) is 11.2 Å². The van der Waals surface area contributed by atoms with Crippen LogP contribution in [0.5, 0.6) is 0 Å². The molecule has 2 aromatic rings.